The highest BCUT2D eigenvalue weighted by atomic mass is 32.2. The van der Waals surface area contributed by atoms with Crippen LogP contribution in [0.25, 0.3) is 0 Å². The van der Waals surface area contributed by atoms with Crippen molar-refractivity contribution in [2.75, 3.05) is 18.6 Å². The Kier molecular flexibility index (Phi) is 5.47. The Morgan fingerprint density at radius 1 is 1.54 bits per heavy atom. The summed E-state index contributed by atoms with van der Waals surface area (Å²) in [6.07, 6.45) is 7.56. The number of thioether (sulfide) groups is 1. The van der Waals surface area contributed by atoms with Crippen molar-refractivity contribution in [1.82, 2.24) is 0 Å². The maximum absolute atomic E-state index is 11.2. The van der Waals surface area contributed by atoms with E-state index in [4.69, 9.17) is 4.74 Å². The number of carbonyl (C=O) groups excluding carboxylic acids is 1. The van der Waals surface area contributed by atoms with Crippen LogP contribution in [0.4, 0.5) is 0 Å². The summed E-state index contributed by atoms with van der Waals surface area (Å²) in [4.78, 5) is 11.2. The van der Waals surface area contributed by atoms with E-state index in [1.54, 1.807) is 11.8 Å². The SMILES string of the molecule is CSCC(=O)CCC1CCCCO1. The van der Waals surface area contributed by atoms with Gasteiger partial charge in [-0.2, -0.15) is 11.8 Å². The molecule has 1 fully saturated rings. The first-order chi connectivity index (χ1) is 6.33. The lowest BCUT2D eigenvalue weighted by Gasteiger charge is -2.21. The zero-order valence-electron chi connectivity index (χ0n) is 8.25. The molecule has 0 aromatic rings. The molecule has 0 amide bonds. The fourth-order valence-corrected chi connectivity index (χ4v) is 2.06. The van der Waals surface area contributed by atoms with Crippen LogP contribution < -0.4 is 0 Å². The zero-order valence-corrected chi connectivity index (χ0v) is 9.07. The fourth-order valence-electron chi connectivity index (χ4n) is 1.59. The van der Waals surface area contributed by atoms with E-state index in [9.17, 15) is 4.79 Å². The van der Waals surface area contributed by atoms with E-state index in [0.29, 0.717) is 24.1 Å². The van der Waals surface area contributed by atoms with Gasteiger partial charge in [0.25, 0.3) is 0 Å². The van der Waals surface area contributed by atoms with E-state index in [1.165, 1.54) is 12.8 Å². The Hall–Kier alpha value is -0.0200. The van der Waals surface area contributed by atoms with Gasteiger partial charge in [0.2, 0.25) is 0 Å². The Balaban J connectivity index is 2.06. The summed E-state index contributed by atoms with van der Waals surface area (Å²) in [6, 6.07) is 0. The monoisotopic (exact) mass is 202 g/mol. The molecule has 0 bridgehead atoms. The molecule has 0 N–H and O–H groups in total. The third-order valence-corrected chi connectivity index (χ3v) is 2.94. The predicted octanol–water partition coefficient (Wildman–Crippen LogP) is 2.27. The summed E-state index contributed by atoms with van der Waals surface area (Å²) in [5, 5.41) is 0. The minimum atomic E-state index is 0.361. The van der Waals surface area contributed by atoms with Crippen LogP contribution in [0.3, 0.4) is 0 Å². The second-order valence-corrected chi connectivity index (χ2v) is 4.36. The van der Waals surface area contributed by atoms with Gasteiger partial charge in [-0.1, -0.05) is 0 Å². The first-order valence-electron chi connectivity index (χ1n) is 4.95. The number of hydrogen-bond acceptors (Lipinski definition) is 3. The van der Waals surface area contributed by atoms with Crippen molar-refractivity contribution < 1.29 is 9.53 Å². The molecule has 0 aromatic carbocycles. The normalized spacial score (nSPS) is 23.0. The molecule has 1 rings (SSSR count). The molecule has 2 nitrogen and oxygen atoms in total. The van der Waals surface area contributed by atoms with E-state index in [0.717, 1.165) is 19.4 Å². The molecule has 1 aliphatic heterocycles. The molecule has 0 aromatic heterocycles. The van der Waals surface area contributed by atoms with Crippen molar-refractivity contribution in [3.05, 3.63) is 0 Å². The van der Waals surface area contributed by atoms with Crippen LogP contribution in [-0.2, 0) is 9.53 Å². The van der Waals surface area contributed by atoms with Crippen LogP contribution in [0.5, 0.6) is 0 Å². The molecule has 76 valence electrons. The van der Waals surface area contributed by atoms with Gasteiger partial charge >= 0.3 is 0 Å². The number of carbonyl (C=O) groups is 1. The first-order valence-corrected chi connectivity index (χ1v) is 6.34. The number of ether oxygens (including phenoxy) is 1. The van der Waals surface area contributed by atoms with Gasteiger partial charge in [0.05, 0.1) is 11.9 Å². The molecular formula is C10H18O2S. The van der Waals surface area contributed by atoms with Gasteiger partial charge in [-0.3, -0.25) is 4.79 Å². The standard InChI is InChI=1S/C10H18O2S/c1-13-8-9(11)5-6-10-4-2-3-7-12-10/h10H,2-8H2,1H3. The van der Waals surface area contributed by atoms with Gasteiger partial charge in [-0.25, -0.2) is 0 Å². The predicted molar refractivity (Wildman–Crippen MR) is 56.2 cm³/mol. The van der Waals surface area contributed by atoms with Crippen LogP contribution in [0, 0.1) is 0 Å². The number of ketones is 1. The highest BCUT2D eigenvalue weighted by Gasteiger charge is 2.14. The van der Waals surface area contributed by atoms with Crippen LogP contribution >= 0.6 is 11.8 Å². The third kappa shape index (κ3) is 4.67. The first kappa shape index (κ1) is 11.1. The minimum Gasteiger partial charge on any atom is -0.378 e. The zero-order chi connectivity index (χ0) is 9.52. The largest absolute Gasteiger partial charge is 0.378 e. The number of hydrogen-bond donors (Lipinski definition) is 0. The van der Waals surface area contributed by atoms with Crippen molar-refractivity contribution >= 4 is 17.5 Å². The summed E-state index contributed by atoms with van der Waals surface area (Å²) >= 11 is 1.61. The summed E-state index contributed by atoms with van der Waals surface area (Å²) in [5.41, 5.74) is 0. The molecular weight excluding hydrogens is 184 g/mol. The fraction of sp³-hybridized carbons (Fsp3) is 0.900. The summed E-state index contributed by atoms with van der Waals surface area (Å²) in [6.45, 7) is 0.890. The van der Waals surface area contributed by atoms with E-state index < -0.39 is 0 Å². The quantitative estimate of drug-likeness (QED) is 0.684. The van der Waals surface area contributed by atoms with Crippen molar-refractivity contribution in [2.45, 2.75) is 38.2 Å². The number of Topliss-reactive ketones (excluding diaryl/α,β-unsaturated/α-hetero) is 1. The summed E-state index contributed by atoms with van der Waals surface area (Å²) in [5.74, 6) is 1.02. The smallest absolute Gasteiger partial charge is 0.142 e. The van der Waals surface area contributed by atoms with Crippen molar-refractivity contribution in [3.63, 3.8) is 0 Å². The molecule has 0 saturated carbocycles. The molecule has 0 aliphatic carbocycles. The number of rotatable bonds is 5. The molecule has 1 unspecified atom stereocenters. The molecule has 1 atom stereocenters. The lowest BCUT2D eigenvalue weighted by molar-refractivity contribution is -0.117. The van der Waals surface area contributed by atoms with Gasteiger partial charge < -0.3 is 4.74 Å². The Morgan fingerprint density at radius 2 is 2.38 bits per heavy atom. The lowest BCUT2D eigenvalue weighted by Crippen LogP contribution is -2.20. The minimum absolute atomic E-state index is 0.361. The topological polar surface area (TPSA) is 26.3 Å². The molecule has 0 radical (unpaired) electrons. The van der Waals surface area contributed by atoms with E-state index in [2.05, 4.69) is 0 Å². The van der Waals surface area contributed by atoms with Gasteiger partial charge in [-0.15, -0.1) is 0 Å². The van der Waals surface area contributed by atoms with Crippen LogP contribution in [-0.4, -0.2) is 30.5 Å². The molecule has 0 spiro atoms. The summed E-state index contributed by atoms with van der Waals surface area (Å²) in [7, 11) is 0. The van der Waals surface area contributed by atoms with Gasteiger partial charge in [0.15, 0.2) is 0 Å². The van der Waals surface area contributed by atoms with Crippen molar-refractivity contribution in [2.24, 2.45) is 0 Å². The van der Waals surface area contributed by atoms with Gasteiger partial charge in [0, 0.05) is 13.0 Å². The van der Waals surface area contributed by atoms with E-state index >= 15 is 0 Å². The molecule has 1 aliphatic rings. The maximum atomic E-state index is 11.2. The second kappa shape index (κ2) is 6.44. The average molecular weight is 202 g/mol. The summed E-state index contributed by atoms with van der Waals surface area (Å²) < 4.78 is 5.55. The molecule has 3 heteroatoms. The van der Waals surface area contributed by atoms with Crippen LogP contribution in [0.1, 0.15) is 32.1 Å². The highest BCUT2D eigenvalue weighted by molar-refractivity contribution is 7.99. The average Bonchev–Trinajstić information content (AvgIpc) is 2.17. The third-order valence-electron chi connectivity index (χ3n) is 2.32. The Bertz CT molecular complexity index is 153. The molecule has 13 heavy (non-hydrogen) atoms. The van der Waals surface area contributed by atoms with Crippen LogP contribution in [0.15, 0.2) is 0 Å². The van der Waals surface area contributed by atoms with E-state index in [1.807, 2.05) is 6.26 Å². The Morgan fingerprint density at radius 3 is 3.00 bits per heavy atom. The van der Waals surface area contributed by atoms with E-state index in [-0.39, 0.29) is 0 Å². The Labute approximate surface area is 84.4 Å². The van der Waals surface area contributed by atoms with Gasteiger partial charge in [-0.05, 0) is 31.9 Å². The lowest BCUT2D eigenvalue weighted by atomic mass is 10.0. The molecule has 1 heterocycles. The maximum Gasteiger partial charge on any atom is 0.142 e. The van der Waals surface area contributed by atoms with Crippen molar-refractivity contribution in [1.29, 1.82) is 0 Å². The van der Waals surface area contributed by atoms with Gasteiger partial charge in [0.1, 0.15) is 5.78 Å². The highest BCUT2D eigenvalue weighted by Crippen LogP contribution is 2.17. The van der Waals surface area contributed by atoms with Crippen molar-refractivity contribution in [3.8, 4) is 0 Å². The second-order valence-electron chi connectivity index (χ2n) is 3.50. The van der Waals surface area contributed by atoms with Crippen LogP contribution in [0.2, 0.25) is 0 Å². The molecule has 1 saturated heterocycles.